The minimum atomic E-state index is -0.111. The van der Waals surface area contributed by atoms with Crippen molar-refractivity contribution in [1.29, 1.82) is 5.41 Å². The molecule has 2 fully saturated rings. The fourth-order valence-corrected chi connectivity index (χ4v) is 6.54. The summed E-state index contributed by atoms with van der Waals surface area (Å²) < 4.78 is 0. The molecular weight excluding hydrogens is 515 g/mol. The van der Waals surface area contributed by atoms with E-state index < -0.39 is 0 Å². The number of urea groups is 1. The Bertz CT molecular complexity index is 1180. The summed E-state index contributed by atoms with van der Waals surface area (Å²) in [5.41, 5.74) is 5.13. The molecule has 5 nitrogen and oxygen atoms in total. The SMILES string of the molecule is CC(=N)c1cccc(-c2ccc(C3(CNCC4CC4)CCN(C(=O)NC4C=C(Cl)CC(Cl)C4)CC3)cc2)c1. The number of amides is 2. The number of allylic oxidation sites excluding steroid dienone is 1. The second-order valence-electron chi connectivity index (χ2n) is 11.3. The van der Waals surface area contributed by atoms with Crippen LogP contribution in [0, 0.1) is 11.3 Å². The van der Waals surface area contributed by atoms with E-state index in [1.54, 1.807) is 0 Å². The number of halogens is 2. The Morgan fingerprint density at radius 3 is 2.50 bits per heavy atom. The molecule has 38 heavy (non-hydrogen) atoms. The lowest BCUT2D eigenvalue weighted by Crippen LogP contribution is -2.53. The van der Waals surface area contributed by atoms with Gasteiger partial charge in [-0.25, -0.2) is 4.79 Å². The monoisotopic (exact) mass is 552 g/mol. The number of nitrogens with zero attached hydrogens (tertiary/aromatic N) is 1. The number of nitrogens with one attached hydrogen (secondary N) is 3. The second-order valence-corrected chi connectivity index (χ2v) is 12.4. The van der Waals surface area contributed by atoms with E-state index in [1.807, 2.05) is 30.0 Å². The van der Waals surface area contributed by atoms with Crippen molar-refractivity contribution < 1.29 is 4.79 Å². The van der Waals surface area contributed by atoms with E-state index in [9.17, 15) is 4.79 Å². The minimum Gasteiger partial charge on any atom is -0.332 e. The van der Waals surface area contributed by atoms with Gasteiger partial charge in [-0.05, 0) is 92.3 Å². The Morgan fingerprint density at radius 1 is 1.11 bits per heavy atom. The molecule has 5 rings (SSSR count). The average molecular weight is 554 g/mol. The third-order valence-electron chi connectivity index (χ3n) is 8.34. The van der Waals surface area contributed by atoms with Crippen molar-refractivity contribution in [2.24, 2.45) is 5.92 Å². The van der Waals surface area contributed by atoms with Crippen LogP contribution in [0.15, 0.2) is 59.6 Å². The number of benzene rings is 2. The number of likely N-dealkylation sites (tertiary alicyclic amines) is 1. The zero-order valence-corrected chi connectivity index (χ0v) is 23.6. The highest BCUT2D eigenvalue weighted by atomic mass is 35.5. The molecule has 3 N–H and O–H groups in total. The molecule has 7 heteroatoms. The van der Waals surface area contributed by atoms with Gasteiger partial charge in [0.2, 0.25) is 0 Å². The number of carbonyl (C=O) groups is 1. The first-order valence-corrected chi connectivity index (χ1v) is 14.7. The third kappa shape index (κ3) is 6.62. The Kier molecular flexibility index (Phi) is 8.47. The van der Waals surface area contributed by atoms with E-state index in [1.165, 1.54) is 18.4 Å². The van der Waals surface area contributed by atoms with Crippen LogP contribution < -0.4 is 10.6 Å². The fourth-order valence-electron chi connectivity index (χ4n) is 5.77. The number of piperidine rings is 1. The largest absolute Gasteiger partial charge is 0.332 e. The molecule has 1 heterocycles. The Labute approximate surface area is 236 Å². The van der Waals surface area contributed by atoms with Crippen LogP contribution in [0.2, 0.25) is 0 Å². The number of hydrogen-bond donors (Lipinski definition) is 3. The van der Waals surface area contributed by atoms with Crippen LogP contribution in [0.5, 0.6) is 0 Å². The summed E-state index contributed by atoms with van der Waals surface area (Å²) in [6.07, 6.45) is 7.80. The lowest BCUT2D eigenvalue weighted by Gasteiger charge is -2.43. The van der Waals surface area contributed by atoms with Gasteiger partial charge in [0.1, 0.15) is 0 Å². The number of rotatable bonds is 8. The van der Waals surface area contributed by atoms with Gasteiger partial charge in [-0.2, -0.15) is 0 Å². The molecule has 0 spiro atoms. The van der Waals surface area contributed by atoms with E-state index in [0.717, 1.165) is 53.6 Å². The van der Waals surface area contributed by atoms with E-state index in [0.29, 0.717) is 31.6 Å². The number of hydrogen-bond acceptors (Lipinski definition) is 3. The van der Waals surface area contributed by atoms with E-state index in [2.05, 4.69) is 47.0 Å². The number of carbonyl (C=O) groups excluding carboxylic acids is 1. The van der Waals surface area contributed by atoms with Gasteiger partial charge in [0.05, 0.1) is 6.04 Å². The van der Waals surface area contributed by atoms with Crippen LogP contribution in [-0.4, -0.2) is 54.2 Å². The topological polar surface area (TPSA) is 68.2 Å². The van der Waals surface area contributed by atoms with Crippen LogP contribution in [0.3, 0.4) is 0 Å². The Balaban J connectivity index is 1.28. The Morgan fingerprint density at radius 2 is 1.84 bits per heavy atom. The normalized spacial score (nSPS) is 23.0. The molecule has 0 aromatic heterocycles. The molecule has 2 aliphatic carbocycles. The summed E-state index contributed by atoms with van der Waals surface area (Å²) in [7, 11) is 0. The molecular formula is C31H38Cl2N4O. The van der Waals surface area contributed by atoms with Gasteiger partial charge >= 0.3 is 6.03 Å². The highest BCUT2D eigenvalue weighted by molar-refractivity contribution is 6.31. The number of alkyl halides is 1. The van der Waals surface area contributed by atoms with Crippen molar-refractivity contribution >= 4 is 34.9 Å². The summed E-state index contributed by atoms with van der Waals surface area (Å²) >= 11 is 12.5. The summed E-state index contributed by atoms with van der Waals surface area (Å²) in [5, 5.41) is 15.6. The molecule has 3 aliphatic rings. The van der Waals surface area contributed by atoms with Crippen LogP contribution in [0.1, 0.15) is 56.6 Å². The zero-order chi connectivity index (χ0) is 26.7. The fraction of sp³-hybridized carbons (Fsp3) is 0.484. The molecule has 1 aliphatic heterocycles. The molecule has 202 valence electrons. The summed E-state index contributed by atoms with van der Waals surface area (Å²) in [4.78, 5) is 15.0. The molecule has 2 aromatic carbocycles. The van der Waals surface area contributed by atoms with Crippen molar-refractivity contribution in [3.05, 3.63) is 70.8 Å². The maximum absolute atomic E-state index is 13.1. The molecule has 2 amide bonds. The minimum absolute atomic E-state index is 0.00707. The lowest BCUT2D eigenvalue weighted by atomic mass is 9.72. The molecule has 2 aromatic rings. The van der Waals surface area contributed by atoms with Gasteiger partial charge in [-0.3, -0.25) is 0 Å². The van der Waals surface area contributed by atoms with Crippen LogP contribution in [0.25, 0.3) is 11.1 Å². The van der Waals surface area contributed by atoms with Crippen molar-refractivity contribution in [3.8, 4) is 11.1 Å². The van der Waals surface area contributed by atoms with Crippen molar-refractivity contribution in [3.63, 3.8) is 0 Å². The molecule has 1 saturated carbocycles. The Hall–Kier alpha value is -2.34. The van der Waals surface area contributed by atoms with E-state index >= 15 is 0 Å². The van der Waals surface area contributed by atoms with Gasteiger partial charge in [-0.1, -0.05) is 54.1 Å². The third-order valence-corrected chi connectivity index (χ3v) is 8.96. The van der Waals surface area contributed by atoms with Gasteiger partial charge in [0.25, 0.3) is 0 Å². The summed E-state index contributed by atoms with van der Waals surface area (Å²) in [5.74, 6) is 0.825. The van der Waals surface area contributed by atoms with E-state index in [4.69, 9.17) is 28.6 Å². The maximum Gasteiger partial charge on any atom is 0.317 e. The van der Waals surface area contributed by atoms with Crippen molar-refractivity contribution in [2.45, 2.75) is 62.3 Å². The highest BCUT2D eigenvalue weighted by Crippen LogP contribution is 2.37. The molecule has 1 saturated heterocycles. The van der Waals surface area contributed by atoms with Gasteiger partial charge in [0.15, 0.2) is 0 Å². The maximum atomic E-state index is 13.1. The van der Waals surface area contributed by atoms with Gasteiger partial charge in [0, 0.05) is 41.2 Å². The van der Waals surface area contributed by atoms with Crippen molar-refractivity contribution in [2.75, 3.05) is 26.2 Å². The average Bonchev–Trinajstić information content (AvgIpc) is 3.73. The summed E-state index contributed by atoms with van der Waals surface area (Å²) in [6.45, 7) is 5.26. The first-order chi connectivity index (χ1) is 18.3. The quantitative estimate of drug-likeness (QED) is 0.252. The standard InChI is InChI=1S/C31H38Cl2N4O/c1-21(34)24-3-2-4-25(15-24)23-7-9-26(10-8-23)31(20-35-19-22-5-6-22)11-13-37(14-12-31)30(38)36-29-17-27(32)16-28(33)18-29/h2-4,7-10,15,17,22,28-29,34-35H,5-6,11-14,16,18-20H2,1H3,(H,36,38). The highest BCUT2D eigenvalue weighted by Gasteiger charge is 2.38. The molecule has 2 atom stereocenters. The predicted octanol–water partition coefficient (Wildman–Crippen LogP) is 6.68. The van der Waals surface area contributed by atoms with Crippen LogP contribution in [-0.2, 0) is 5.41 Å². The first kappa shape index (κ1) is 27.2. The zero-order valence-electron chi connectivity index (χ0n) is 22.1. The van der Waals surface area contributed by atoms with E-state index in [-0.39, 0.29) is 22.9 Å². The van der Waals surface area contributed by atoms with Gasteiger partial charge < -0.3 is 20.9 Å². The lowest BCUT2D eigenvalue weighted by molar-refractivity contribution is 0.153. The molecule has 0 bridgehead atoms. The summed E-state index contributed by atoms with van der Waals surface area (Å²) in [6, 6.07) is 17.0. The molecule has 2 unspecified atom stereocenters. The second kappa shape index (κ2) is 11.8. The molecule has 0 radical (unpaired) electrons. The predicted molar refractivity (Wildman–Crippen MR) is 158 cm³/mol. The van der Waals surface area contributed by atoms with Crippen molar-refractivity contribution in [1.82, 2.24) is 15.5 Å². The van der Waals surface area contributed by atoms with Crippen LogP contribution >= 0.6 is 23.2 Å². The first-order valence-electron chi connectivity index (χ1n) is 13.8. The van der Waals surface area contributed by atoms with Gasteiger partial charge in [-0.15, -0.1) is 11.6 Å². The smallest absolute Gasteiger partial charge is 0.317 e. The van der Waals surface area contributed by atoms with Crippen LogP contribution in [0.4, 0.5) is 4.79 Å².